The molecule has 2 rings (SSSR count). The summed E-state index contributed by atoms with van der Waals surface area (Å²) in [4.78, 5) is 27.8. The van der Waals surface area contributed by atoms with Crippen LogP contribution in [0, 0.1) is 11.8 Å². The molecular weight excluding hydrogens is 244 g/mol. The van der Waals surface area contributed by atoms with Gasteiger partial charge in [0.1, 0.15) is 0 Å². The van der Waals surface area contributed by atoms with Crippen LogP contribution >= 0.6 is 0 Å². The number of hydrogen-bond acceptors (Lipinski definition) is 4. The molecule has 0 aromatic carbocycles. The number of amides is 1. The Morgan fingerprint density at radius 1 is 1.05 bits per heavy atom. The van der Waals surface area contributed by atoms with Crippen LogP contribution in [0.3, 0.4) is 0 Å². The Hall–Kier alpha value is -1.10. The number of ether oxygens (including phenoxy) is 1. The molecule has 1 aliphatic carbocycles. The van der Waals surface area contributed by atoms with E-state index in [1.807, 2.05) is 19.0 Å². The lowest BCUT2D eigenvalue weighted by Gasteiger charge is -2.44. The van der Waals surface area contributed by atoms with Gasteiger partial charge in [-0.25, -0.2) is 0 Å². The summed E-state index contributed by atoms with van der Waals surface area (Å²) in [5.74, 6) is 0.271. The molecule has 5 heteroatoms. The highest BCUT2D eigenvalue weighted by Crippen LogP contribution is 2.31. The molecule has 0 atom stereocenters. The molecule has 2 aliphatic rings. The molecule has 2 fully saturated rings. The van der Waals surface area contributed by atoms with Crippen molar-refractivity contribution in [3.63, 3.8) is 0 Å². The fourth-order valence-corrected chi connectivity index (χ4v) is 2.96. The van der Waals surface area contributed by atoms with Crippen LogP contribution in [-0.2, 0) is 14.3 Å². The minimum atomic E-state index is -0.123. The van der Waals surface area contributed by atoms with Crippen LogP contribution in [-0.4, -0.2) is 62.0 Å². The van der Waals surface area contributed by atoms with Crippen LogP contribution < -0.4 is 0 Å². The second kappa shape index (κ2) is 5.90. The topological polar surface area (TPSA) is 49.9 Å². The Bertz CT molecular complexity index is 343. The Balaban J connectivity index is 1.76. The van der Waals surface area contributed by atoms with Crippen LogP contribution in [0.25, 0.3) is 0 Å². The van der Waals surface area contributed by atoms with Gasteiger partial charge in [-0.3, -0.25) is 9.59 Å². The molecule has 0 bridgehead atoms. The van der Waals surface area contributed by atoms with Crippen molar-refractivity contribution < 1.29 is 14.3 Å². The predicted octanol–water partition coefficient (Wildman–Crippen LogP) is 0.738. The van der Waals surface area contributed by atoms with E-state index in [9.17, 15) is 9.59 Å². The van der Waals surface area contributed by atoms with Gasteiger partial charge in [-0.2, -0.15) is 0 Å². The molecule has 0 aromatic heterocycles. The van der Waals surface area contributed by atoms with E-state index in [1.54, 1.807) is 0 Å². The lowest BCUT2D eigenvalue weighted by atomic mass is 9.81. The van der Waals surface area contributed by atoms with Gasteiger partial charge in [-0.05, 0) is 39.8 Å². The van der Waals surface area contributed by atoms with Gasteiger partial charge < -0.3 is 14.5 Å². The number of likely N-dealkylation sites (N-methyl/N-ethyl adjacent to an activating group) is 1. The summed E-state index contributed by atoms with van der Waals surface area (Å²) in [6, 6.07) is 0.510. The molecule has 1 amide bonds. The van der Waals surface area contributed by atoms with Gasteiger partial charge >= 0.3 is 5.97 Å². The standard InChI is InChI=1S/C14H24N2O3/c1-15(2)12-8-16(9-12)13(17)10-4-6-11(7-5-10)14(18)19-3/h10-12H,4-9H2,1-3H3. The molecule has 0 radical (unpaired) electrons. The highest BCUT2D eigenvalue weighted by atomic mass is 16.5. The third kappa shape index (κ3) is 3.08. The number of carbonyl (C=O) groups excluding carboxylic acids is 2. The van der Waals surface area contributed by atoms with Crippen LogP contribution in [0.5, 0.6) is 0 Å². The summed E-state index contributed by atoms with van der Waals surface area (Å²) in [6.07, 6.45) is 3.21. The summed E-state index contributed by atoms with van der Waals surface area (Å²) in [6.45, 7) is 1.70. The molecule has 0 aromatic rings. The number of nitrogens with zero attached hydrogens (tertiary/aromatic N) is 2. The van der Waals surface area contributed by atoms with Gasteiger partial charge in [-0.15, -0.1) is 0 Å². The Morgan fingerprint density at radius 3 is 2.05 bits per heavy atom. The molecule has 108 valence electrons. The normalized spacial score (nSPS) is 28.1. The van der Waals surface area contributed by atoms with E-state index in [2.05, 4.69) is 4.90 Å². The fraction of sp³-hybridized carbons (Fsp3) is 0.857. The van der Waals surface area contributed by atoms with Crippen molar-refractivity contribution in [2.45, 2.75) is 31.7 Å². The molecule has 1 saturated heterocycles. The average molecular weight is 268 g/mol. The van der Waals surface area contributed by atoms with Gasteiger partial charge in [-0.1, -0.05) is 0 Å². The maximum atomic E-state index is 12.3. The van der Waals surface area contributed by atoms with Gasteiger partial charge in [0.15, 0.2) is 0 Å². The SMILES string of the molecule is COC(=O)C1CCC(C(=O)N2CC(N(C)C)C2)CC1. The number of esters is 1. The molecule has 1 heterocycles. The highest BCUT2D eigenvalue weighted by Gasteiger charge is 2.37. The lowest BCUT2D eigenvalue weighted by Crippen LogP contribution is -2.60. The monoisotopic (exact) mass is 268 g/mol. The minimum absolute atomic E-state index is 0.0000332. The third-order valence-electron chi connectivity index (χ3n) is 4.52. The number of hydrogen-bond donors (Lipinski definition) is 0. The molecule has 0 unspecified atom stereocenters. The first-order chi connectivity index (χ1) is 9.02. The molecule has 0 spiro atoms. The number of methoxy groups -OCH3 is 1. The molecule has 1 saturated carbocycles. The van der Waals surface area contributed by atoms with Crippen molar-refractivity contribution in [2.75, 3.05) is 34.3 Å². The van der Waals surface area contributed by atoms with E-state index in [1.165, 1.54) is 7.11 Å². The van der Waals surface area contributed by atoms with Gasteiger partial charge in [0.05, 0.1) is 13.0 Å². The van der Waals surface area contributed by atoms with Crippen molar-refractivity contribution in [3.05, 3.63) is 0 Å². The summed E-state index contributed by atoms with van der Waals surface area (Å²) in [5, 5.41) is 0. The Morgan fingerprint density at radius 2 is 1.58 bits per heavy atom. The molecule has 19 heavy (non-hydrogen) atoms. The Kier molecular flexibility index (Phi) is 4.45. The van der Waals surface area contributed by atoms with Crippen LogP contribution in [0.1, 0.15) is 25.7 Å². The van der Waals surface area contributed by atoms with Crippen molar-refractivity contribution in [2.24, 2.45) is 11.8 Å². The molecular formula is C14H24N2O3. The summed E-state index contributed by atoms with van der Waals surface area (Å²) < 4.78 is 4.77. The lowest BCUT2D eigenvalue weighted by molar-refractivity contribution is -0.150. The maximum Gasteiger partial charge on any atom is 0.308 e. The van der Waals surface area contributed by atoms with Crippen LogP contribution in [0.2, 0.25) is 0 Å². The third-order valence-corrected chi connectivity index (χ3v) is 4.52. The highest BCUT2D eigenvalue weighted by molar-refractivity contribution is 5.80. The first-order valence-electron chi connectivity index (χ1n) is 7.06. The quantitative estimate of drug-likeness (QED) is 0.708. The first-order valence-corrected chi connectivity index (χ1v) is 7.06. The van der Waals surface area contributed by atoms with Gasteiger partial charge in [0.2, 0.25) is 5.91 Å². The largest absolute Gasteiger partial charge is 0.469 e. The minimum Gasteiger partial charge on any atom is -0.469 e. The van der Waals surface area contributed by atoms with E-state index in [0.29, 0.717) is 6.04 Å². The van der Waals surface area contributed by atoms with Gasteiger partial charge in [0.25, 0.3) is 0 Å². The summed E-state index contributed by atoms with van der Waals surface area (Å²) in [5.41, 5.74) is 0. The number of rotatable bonds is 3. The van der Waals surface area contributed by atoms with Crippen molar-refractivity contribution in [3.8, 4) is 0 Å². The Labute approximate surface area is 114 Å². The summed E-state index contributed by atoms with van der Waals surface area (Å²) >= 11 is 0. The zero-order valence-electron chi connectivity index (χ0n) is 12.1. The van der Waals surface area contributed by atoms with Crippen molar-refractivity contribution >= 4 is 11.9 Å². The molecule has 5 nitrogen and oxygen atoms in total. The summed E-state index contributed by atoms with van der Waals surface area (Å²) in [7, 11) is 5.53. The van der Waals surface area contributed by atoms with Crippen LogP contribution in [0.4, 0.5) is 0 Å². The van der Waals surface area contributed by atoms with E-state index in [0.717, 1.165) is 38.8 Å². The van der Waals surface area contributed by atoms with Crippen molar-refractivity contribution in [1.29, 1.82) is 0 Å². The van der Waals surface area contributed by atoms with E-state index < -0.39 is 0 Å². The second-order valence-corrected chi connectivity index (χ2v) is 5.93. The zero-order chi connectivity index (χ0) is 14.0. The van der Waals surface area contributed by atoms with Gasteiger partial charge in [0, 0.05) is 25.0 Å². The fourth-order valence-electron chi connectivity index (χ4n) is 2.96. The van der Waals surface area contributed by atoms with E-state index >= 15 is 0 Å². The number of carbonyl (C=O) groups is 2. The molecule has 1 aliphatic heterocycles. The van der Waals surface area contributed by atoms with Crippen molar-refractivity contribution in [1.82, 2.24) is 9.80 Å². The second-order valence-electron chi connectivity index (χ2n) is 5.93. The van der Waals surface area contributed by atoms with Crippen LogP contribution in [0.15, 0.2) is 0 Å². The molecule has 0 N–H and O–H groups in total. The van der Waals surface area contributed by atoms with E-state index in [4.69, 9.17) is 4.74 Å². The van der Waals surface area contributed by atoms with E-state index in [-0.39, 0.29) is 23.7 Å². The average Bonchev–Trinajstić information content (AvgIpc) is 2.35. The predicted molar refractivity (Wildman–Crippen MR) is 71.5 cm³/mol. The number of likely N-dealkylation sites (tertiary alicyclic amines) is 1. The zero-order valence-corrected chi connectivity index (χ0v) is 12.1. The maximum absolute atomic E-state index is 12.3. The first kappa shape index (κ1) is 14.3. The smallest absolute Gasteiger partial charge is 0.308 e.